The van der Waals surface area contributed by atoms with Crippen LogP contribution in [0.25, 0.3) is 5.65 Å². The number of nitrogens with one attached hydrogen (secondary N) is 1. The van der Waals surface area contributed by atoms with Gasteiger partial charge in [-0.2, -0.15) is 0 Å². The molecule has 0 radical (unpaired) electrons. The Morgan fingerprint density at radius 2 is 1.87 bits per heavy atom. The SMILES string of the molecule is O=C(Cc1cn2cc(Cl)ccc2n1)Nc1ccc(C(=O)O)cc1. The van der Waals surface area contributed by atoms with Crippen LogP contribution >= 0.6 is 11.6 Å². The molecule has 0 saturated carbocycles. The summed E-state index contributed by atoms with van der Waals surface area (Å²) in [5, 5.41) is 12.1. The number of hydrogen-bond acceptors (Lipinski definition) is 3. The number of carbonyl (C=O) groups is 2. The van der Waals surface area contributed by atoms with E-state index >= 15 is 0 Å². The summed E-state index contributed by atoms with van der Waals surface area (Å²) in [5.74, 6) is -1.24. The zero-order valence-electron chi connectivity index (χ0n) is 11.9. The summed E-state index contributed by atoms with van der Waals surface area (Å²) in [6.07, 6.45) is 3.57. The van der Waals surface area contributed by atoms with Crippen molar-refractivity contribution in [3.63, 3.8) is 0 Å². The first-order valence-corrected chi connectivity index (χ1v) is 7.15. The highest BCUT2D eigenvalue weighted by Gasteiger charge is 2.09. The third-order valence-corrected chi connectivity index (χ3v) is 3.45. The van der Waals surface area contributed by atoms with Crippen molar-refractivity contribution in [1.82, 2.24) is 9.38 Å². The van der Waals surface area contributed by atoms with Gasteiger partial charge in [-0.25, -0.2) is 9.78 Å². The van der Waals surface area contributed by atoms with Crippen molar-refractivity contribution in [1.29, 1.82) is 0 Å². The van der Waals surface area contributed by atoms with Gasteiger partial charge in [0.15, 0.2) is 0 Å². The first-order valence-electron chi connectivity index (χ1n) is 6.77. The summed E-state index contributed by atoms with van der Waals surface area (Å²) in [6.45, 7) is 0. The van der Waals surface area contributed by atoms with Crippen molar-refractivity contribution in [2.45, 2.75) is 6.42 Å². The number of aromatic nitrogens is 2. The van der Waals surface area contributed by atoms with Gasteiger partial charge < -0.3 is 14.8 Å². The van der Waals surface area contributed by atoms with Crippen molar-refractivity contribution in [3.8, 4) is 0 Å². The second-order valence-corrected chi connectivity index (χ2v) is 5.39. The lowest BCUT2D eigenvalue weighted by atomic mass is 10.2. The zero-order chi connectivity index (χ0) is 16.4. The Balaban J connectivity index is 1.69. The lowest BCUT2D eigenvalue weighted by Gasteiger charge is -2.04. The number of carbonyl (C=O) groups excluding carboxylic acids is 1. The fourth-order valence-corrected chi connectivity index (χ4v) is 2.34. The minimum atomic E-state index is -1.01. The number of anilines is 1. The van der Waals surface area contributed by atoms with Crippen LogP contribution in [-0.2, 0) is 11.2 Å². The van der Waals surface area contributed by atoms with Crippen LogP contribution in [-0.4, -0.2) is 26.4 Å². The zero-order valence-corrected chi connectivity index (χ0v) is 12.6. The maximum atomic E-state index is 12.0. The van der Waals surface area contributed by atoms with Crippen LogP contribution in [0.2, 0.25) is 5.02 Å². The Morgan fingerprint density at radius 1 is 1.13 bits per heavy atom. The molecule has 23 heavy (non-hydrogen) atoms. The van der Waals surface area contributed by atoms with Gasteiger partial charge in [0.05, 0.1) is 22.7 Å². The predicted octanol–water partition coefficient (Wildman–Crippen LogP) is 2.87. The van der Waals surface area contributed by atoms with Crippen molar-refractivity contribution in [2.24, 2.45) is 0 Å². The molecule has 0 bridgehead atoms. The maximum Gasteiger partial charge on any atom is 0.335 e. The summed E-state index contributed by atoms with van der Waals surface area (Å²) in [5.41, 5.74) is 2.03. The van der Waals surface area contributed by atoms with Crippen molar-refractivity contribution in [3.05, 3.63) is 65.1 Å². The molecule has 2 N–H and O–H groups in total. The molecule has 6 nitrogen and oxygen atoms in total. The van der Waals surface area contributed by atoms with Gasteiger partial charge in [-0.15, -0.1) is 0 Å². The molecule has 0 spiro atoms. The summed E-state index contributed by atoms with van der Waals surface area (Å²) >= 11 is 5.91. The molecular formula is C16H12ClN3O3. The topological polar surface area (TPSA) is 83.7 Å². The highest BCUT2D eigenvalue weighted by molar-refractivity contribution is 6.30. The third kappa shape index (κ3) is 3.49. The molecule has 1 amide bonds. The van der Waals surface area contributed by atoms with Gasteiger partial charge in [0.2, 0.25) is 5.91 Å². The molecule has 0 aliphatic rings. The van der Waals surface area contributed by atoms with Crippen LogP contribution in [0.1, 0.15) is 16.1 Å². The smallest absolute Gasteiger partial charge is 0.335 e. The van der Waals surface area contributed by atoms with E-state index in [1.165, 1.54) is 12.1 Å². The summed E-state index contributed by atoms with van der Waals surface area (Å²) in [4.78, 5) is 27.2. The van der Waals surface area contributed by atoms with E-state index in [2.05, 4.69) is 10.3 Å². The second kappa shape index (κ2) is 6.10. The fourth-order valence-electron chi connectivity index (χ4n) is 2.17. The predicted molar refractivity (Wildman–Crippen MR) is 85.9 cm³/mol. The van der Waals surface area contributed by atoms with Crippen LogP contribution in [0.15, 0.2) is 48.8 Å². The van der Waals surface area contributed by atoms with E-state index in [4.69, 9.17) is 16.7 Å². The number of rotatable bonds is 4. The molecule has 7 heteroatoms. The Hall–Kier alpha value is -2.86. The molecule has 116 valence electrons. The second-order valence-electron chi connectivity index (χ2n) is 4.95. The first kappa shape index (κ1) is 15.1. The van der Waals surface area contributed by atoms with Gasteiger partial charge in [0.1, 0.15) is 5.65 Å². The molecule has 0 aliphatic carbocycles. The molecule has 0 saturated heterocycles. The number of carboxylic acid groups (broad SMARTS) is 1. The molecule has 0 unspecified atom stereocenters. The average molecular weight is 330 g/mol. The standard InChI is InChI=1S/C16H12ClN3O3/c17-11-3-6-14-18-13(9-20(14)8-11)7-15(21)19-12-4-1-10(2-5-12)16(22)23/h1-6,8-9H,7H2,(H,19,21)(H,22,23). The minimum Gasteiger partial charge on any atom is -0.478 e. The highest BCUT2D eigenvalue weighted by Crippen LogP contribution is 2.13. The van der Waals surface area contributed by atoms with Crippen LogP contribution < -0.4 is 5.32 Å². The Morgan fingerprint density at radius 3 is 2.57 bits per heavy atom. The number of imidazole rings is 1. The first-order chi connectivity index (χ1) is 11.0. The number of benzene rings is 1. The lowest BCUT2D eigenvalue weighted by molar-refractivity contribution is -0.115. The number of nitrogens with zero attached hydrogens (tertiary/aromatic N) is 2. The van der Waals surface area contributed by atoms with E-state index in [9.17, 15) is 9.59 Å². The van der Waals surface area contributed by atoms with Gasteiger partial charge in [-0.3, -0.25) is 4.79 Å². The van der Waals surface area contributed by atoms with Gasteiger partial charge in [-0.1, -0.05) is 11.6 Å². The number of hydrogen-bond donors (Lipinski definition) is 2. The highest BCUT2D eigenvalue weighted by atomic mass is 35.5. The van der Waals surface area contributed by atoms with E-state index in [-0.39, 0.29) is 17.9 Å². The number of pyridine rings is 1. The van der Waals surface area contributed by atoms with Crippen LogP contribution in [0.4, 0.5) is 5.69 Å². The summed E-state index contributed by atoms with van der Waals surface area (Å²) < 4.78 is 1.76. The van der Waals surface area contributed by atoms with Crippen molar-refractivity contribution < 1.29 is 14.7 Å². The van der Waals surface area contributed by atoms with E-state index in [0.29, 0.717) is 22.1 Å². The molecule has 3 rings (SSSR count). The van der Waals surface area contributed by atoms with Gasteiger partial charge in [0.25, 0.3) is 0 Å². The Kier molecular flexibility index (Phi) is 3.99. The van der Waals surface area contributed by atoms with E-state index < -0.39 is 5.97 Å². The molecule has 2 aromatic heterocycles. The quantitative estimate of drug-likeness (QED) is 0.771. The van der Waals surface area contributed by atoms with Gasteiger partial charge in [0, 0.05) is 18.1 Å². The van der Waals surface area contributed by atoms with Crippen molar-refractivity contribution >= 4 is 34.8 Å². The molecule has 0 aliphatic heterocycles. The molecule has 0 fully saturated rings. The maximum absolute atomic E-state index is 12.0. The monoisotopic (exact) mass is 329 g/mol. The molecule has 3 aromatic rings. The van der Waals surface area contributed by atoms with Gasteiger partial charge >= 0.3 is 5.97 Å². The van der Waals surface area contributed by atoms with E-state index in [1.54, 1.807) is 41.1 Å². The van der Waals surface area contributed by atoms with Crippen LogP contribution in [0.3, 0.4) is 0 Å². The van der Waals surface area contributed by atoms with Gasteiger partial charge in [-0.05, 0) is 36.4 Å². The number of aromatic carboxylic acids is 1. The van der Waals surface area contributed by atoms with Crippen LogP contribution in [0.5, 0.6) is 0 Å². The average Bonchev–Trinajstić information content (AvgIpc) is 2.88. The lowest BCUT2D eigenvalue weighted by Crippen LogP contribution is -2.14. The fraction of sp³-hybridized carbons (Fsp3) is 0.0625. The normalized spacial score (nSPS) is 10.7. The molecule has 0 atom stereocenters. The number of halogens is 1. The Bertz CT molecular complexity index is 887. The molecular weight excluding hydrogens is 318 g/mol. The summed E-state index contributed by atoms with van der Waals surface area (Å²) in [6, 6.07) is 9.47. The van der Waals surface area contributed by atoms with E-state index in [1.807, 2.05) is 0 Å². The van der Waals surface area contributed by atoms with E-state index in [0.717, 1.165) is 0 Å². The number of fused-ring (bicyclic) bond motifs is 1. The van der Waals surface area contributed by atoms with Crippen molar-refractivity contribution in [2.75, 3.05) is 5.32 Å². The molecule has 2 heterocycles. The summed E-state index contributed by atoms with van der Waals surface area (Å²) in [7, 11) is 0. The van der Waals surface area contributed by atoms with Crippen LogP contribution in [0, 0.1) is 0 Å². The number of amides is 1. The largest absolute Gasteiger partial charge is 0.478 e. The third-order valence-electron chi connectivity index (χ3n) is 3.22. The Labute approximate surface area is 136 Å². The molecule has 1 aromatic carbocycles. The minimum absolute atomic E-state index is 0.111. The number of carboxylic acids is 1.